The molecule has 0 bridgehead atoms. The van der Waals surface area contributed by atoms with Gasteiger partial charge in [0.25, 0.3) is 10.0 Å². The molecule has 1 N–H and O–H groups in total. The maximum atomic E-state index is 14.6. The van der Waals surface area contributed by atoms with Crippen LogP contribution >= 0.6 is 0 Å². The summed E-state index contributed by atoms with van der Waals surface area (Å²) < 4.78 is 43.5. The van der Waals surface area contributed by atoms with E-state index in [0.717, 1.165) is 33.8 Å². The first-order chi connectivity index (χ1) is 18.9. The van der Waals surface area contributed by atoms with Crippen molar-refractivity contribution in [1.82, 2.24) is 10.2 Å². The molecule has 0 saturated carbocycles. The maximum absolute atomic E-state index is 14.6. The minimum Gasteiger partial charge on any atom is -0.354 e. The van der Waals surface area contributed by atoms with Crippen molar-refractivity contribution in [2.24, 2.45) is 0 Å². The third kappa shape index (κ3) is 7.47. The van der Waals surface area contributed by atoms with E-state index in [0.29, 0.717) is 12.2 Å². The molecule has 0 heterocycles. The molecule has 0 fully saturated rings. The van der Waals surface area contributed by atoms with Gasteiger partial charge in [-0.15, -0.1) is 0 Å². The predicted octanol–water partition coefficient (Wildman–Crippen LogP) is 5.28. The number of nitrogens with one attached hydrogen (secondary N) is 1. The van der Waals surface area contributed by atoms with E-state index in [-0.39, 0.29) is 17.0 Å². The van der Waals surface area contributed by atoms with Crippen LogP contribution in [0.5, 0.6) is 0 Å². The Labute approximate surface area is 237 Å². The van der Waals surface area contributed by atoms with E-state index in [4.69, 9.17) is 0 Å². The average Bonchev–Trinajstić information content (AvgIpc) is 2.92. The van der Waals surface area contributed by atoms with Gasteiger partial charge in [-0.05, 0) is 75.6 Å². The van der Waals surface area contributed by atoms with Gasteiger partial charge in [-0.2, -0.15) is 0 Å². The number of carbonyl (C=O) groups is 2. The Morgan fingerprint density at radius 1 is 0.950 bits per heavy atom. The number of amides is 2. The normalized spacial score (nSPS) is 12.1. The predicted molar refractivity (Wildman–Crippen MR) is 156 cm³/mol. The lowest BCUT2D eigenvalue weighted by Gasteiger charge is -2.32. The Hall–Kier alpha value is -3.72. The van der Waals surface area contributed by atoms with Gasteiger partial charge in [0.2, 0.25) is 11.8 Å². The number of nitrogens with zero attached hydrogens (tertiary/aromatic N) is 2. The van der Waals surface area contributed by atoms with E-state index in [9.17, 15) is 22.4 Å². The highest BCUT2D eigenvalue weighted by molar-refractivity contribution is 7.92. The third-order valence-electron chi connectivity index (χ3n) is 6.96. The lowest BCUT2D eigenvalue weighted by Crippen LogP contribution is -2.51. The summed E-state index contributed by atoms with van der Waals surface area (Å²) in [5.74, 6) is -1.54. The minimum atomic E-state index is -4.16. The van der Waals surface area contributed by atoms with Gasteiger partial charge in [0.15, 0.2) is 0 Å². The highest BCUT2D eigenvalue weighted by Crippen LogP contribution is 2.27. The average molecular weight is 568 g/mol. The molecule has 3 aromatic rings. The second-order valence-corrected chi connectivity index (χ2v) is 11.9. The molecule has 1 unspecified atom stereocenters. The van der Waals surface area contributed by atoms with Crippen LogP contribution in [-0.4, -0.2) is 44.3 Å². The van der Waals surface area contributed by atoms with Crippen molar-refractivity contribution < 1.29 is 22.4 Å². The smallest absolute Gasteiger partial charge is 0.264 e. The first-order valence-corrected chi connectivity index (χ1v) is 14.9. The first-order valence-electron chi connectivity index (χ1n) is 13.4. The van der Waals surface area contributed by atoms with Crippen LogP contribution in [0, 0.1) is 26.6 Å². The highest BCUT2D eigenvalue weighted by atomic mass is 32.2. The monoisotopic (exact) mass is 567 g/mol. The van der Waals surface area contributed by atoms with Crippen LogP contribution in [0.2, 0.25) is 0 Å². The van der Waals surface area contributed by atoms with Crippen molar-refractivity contribution >= 4 is 27.5 Å². The topological polar surface area (TPSA) is 86.8 Å². The summed E-state index contributed by atoms with van der Waals surface area (Å²) in [4.78, 5) is 28.2. The third-order valence-corrected chi connectivity index (χ3v) is 8.75. The largest absolute Gasteiger partial charge is 0.354 e. The zero-order chi connectivity index (χ0) is 29.4. The number of hydrogen-bond acceptors (Lipinski definition) is 4. The Balaban J connectivity index is 2.03. The van der Waals surface area contributed by atoms with Crippen LogP contribution in [0.15, 0.2) is 71.6 Å². The lowest BCUT2D eigenvalue weighted by atomic mass is 10.1. The minimum absolute atomic E-state index is 0.0372. The van der Waals surface area contributed by atoms with Gasteiger partial charge in [-0.25, -0.2) is 12.8 Å². The second-order valence-electron chi connectivity index (χ2n) is 10.0. The van der Waals surface area contributed by atoms with Crippen molar-refractivity contribution in [1.29, 1.82) is 0 Å². The van der Waals surface area contributed by atoms with Crippen LogP contribution in [0.3, 0.4) is 0 Å². The number of hydrogen-bond donors (Lipinski definition) is 1. The molecule has 0 aromatic heterocycles. The van der Waals surface area contributed by atoms with Gasteiger partial charge in [0.1, 0.15) is 18.4 Å². The quantitative estimate of drug-likeness (QED) is 0.302. The number of benzene rings is 3. The van der Waals surface area contributed by atoms with Crippen LogP contribution in [0.4, 0.5) is 10.1 Å². The number of halogens is 1. The zero-order valence-electron chi connectivity index (χ0n) is 23.8. The Morgan fingerprint density at radius 3 is 2.25 bits per heavy atom. The maximum Gasteiger partial charge on any atom is 0.264 e. The Kier molecular flexibility index (Phi) is 10.5. The fourth-order valence-corrected chi connectivity index (χ4v) is 5.58. The number of carbonyl (C=O) groups excluding carboxylic acids is 2. The van der Waals surface area contributed by atoms with Crippen LogP contribution in [-0.2, 0) is 26.2 Å². The van der Waals surface area contributed by atoms with E-state index in [1.807, 2.05) is 27.7 Å². The molecule has 2 amide bonds. The molecule has 214 valence electrons. The SMILES string of the molecule is CCCCNC(=O)C(C)N(Cc1ccccc1F)C(=O)CN(c1ccc(C)c(C)c1)S(=O)(=O)c1ccc(C)cc1. The number of rotatable bonds is 12. The van der Waals surface area contributed by atoms with Gasteiger partial charge >= 0.3 is 0 Å². The van der Waals surface area contributed by atoms with Crippen molar-refractivity contribution in [2.75, 3.05) is 17.4 Å². The molecule has 40 heavy (non-hydrogen) atoms. The number of unbranched alkanes of at least 4 members (excludes halogenated alkanes) is 1. The van der Waals surface area contributed by atoms with E-state index in [2.05, 4.69) is 5.32 Å². The number of anilines is 1. The number of aryl methyl sites for hydroxylation is 3. The molecule has 0 aliphatic rings. The Bertz CT molecular complexity index is 1440. The highest BCUT2D eigenvalue weighted by Gasteiger charge is 2.33. The van der Waals surface area contributed by atoms with Crippen molar-refractivity contribution in [3.05, 3.63) is 94.8 Å². The van der Waals surface area contributed by atoms with Crippen molar-refractivity contribution in [3.63, 3.8) is 0 Å². The standard InChI is InChI=1S/C31H38FN3O4S/c1-6-7-18-33-31(37)25(5)34(20-26-10-8-9-11-29(26)32)30(36)21-35(27-15-14-23(3)24(4)19-27)40(38,39)28-16-12-22(2)13-17-28/h8-17,19,25H,6-7,18,20-21H2,1-5H3,(H,33,37). The van der Waals surface area contributed by atoms with Crippen LogP contribution in [0.1, 0.15) is 48.9 Å². The molecule has 3 aromatic carbocycles. The summed E-state index contributed by atoms with van der Waals surface area (Å²) in [6, 6.07) is 16.6. The molecule has 7 nitrogen and oxygen atoms in total. The fraction of sp³-hybridized carbons (Fsp3) is 0.355. The molecular formula is C31H38FN3O4S. The number of sulfonamides is 1. The fourth-order valence-electron chi connectivity index (χ4n) is 4.18. The second kappa shape index (κ2) is 13.6. The first kappa shape index (κ1) is 30.8. The molecule has 0 aliphatic heterocycles. The summed E-state index contributed by atoms with van der Waals surface area (Å²) in [5.41, 5.74) is 3.28. The molecule has 0 radical (unpaired) electrons. The van der Waals surface area contributed by atoms with Crippen LogP contribution < -0.4 is 9.62 Å². The van der Waals surface area contributed by atoms with Gasteiger partial charge < -0.3 is 10.2 Å². The van der Waals surface area contributed by atoms with Crippen LogP contribution in [0.25, 0.3) is 0 Å². The van der Waals surface area contributed by atoms with Gasteiger partial charge in [-0.1, -0.05) is 55.3 Å². The van der Waals surface area contributed by atoms with Gasteiger partial charge in [-0.3, -0.25) is 13.9 Å². The summed E-state index contributed by atoms with van der Waals surface area (Å²) >= 11 is 0. The summed E-state index contributed by atoms with van der Waals surface area (Å²) in [6.07, 6.45) is 1.66. The molecule has 3 rings (SSSR count). The molecule has 9 heteroatoms. The molecular weight excluding hydrogens is 529 g/mol. The molecule has 0 saturated heterocycles. The van der Waals surface area contributed by atoms with E-state index in [1.54, 1.807) is 55.5 Å². The summed E-state index contributed by atoms with van der Waals surface area (Å²) in [6.45, 7) is 8.88. The van der Waals surface area contributed by atoms with E-state index in [1.165, 1.54) is 23.1 Å². The van der Waals surface area contributed by atoms with E-state index < -0.39 is 40.2 Å². The molecule has 0 spiro atoms. The van der Waals surface area contributed by atoms with Gasteiger partial charge in [0, 0.05) is 18.7 Å². The zero-order valence-corrected chi connectivity index (χ0v) is 24.6. The molecule has 0 aliphatic carbocycles. The van der Waals surface area contributed by atoms with E-state index >= 15 is 0 Å². The van der Waals surface area contributed by atoms with Crippen molar-refractivity contribution in [3.8, 4) is 0 Å². The molecule has 1 atom stereocenters. The Morgan fingerprint density at radius 2 is 1.62 bits per heavy atom. The summed E-state index contributed by atoms with van der Waals surface area (Å²) in [5, 5.41) is 2.82. The lowest BCUT2D eigenvalue weighted by molar-refractivity contribution is -0.139. The van der Waals surface area contributed by atoms with Gasteiger partial charge in [0.05, 0.1) is 10.6 Å². The summed E-state index contributed by atoms with van der Waals surface area (Å²) in [7, 11) is -4.16. The van der Waals surface area contributed by atoms with Crippen molar-refractivity contribution in [2.45, 2.75) is 64.9 Å².